The highest BCUT2D eigenvalue weighted by molar-refractivity contribution is 5.78. The molecule has 2 fully saturated rings. The molecule has 2 aliphatic heterocycles. The summed E-state index contributed by atoms with van der Waals surface area (Å²) in [5.41, 5.74) is 0. The van der Waals surface area contributed by atoms with Gasteiger partial charge in [-0.15, -0.1) is 0 Å². The Hall–Kier alpha value is -1.26. The monoisotopic (exact) mass is 226 g/mol. The third-order valence-corrected chi connectivity index (χ3v) is 3.53. The van der Waals surface area contributed by atoms with E-state index in [0.717, 1.165) is 19.4 Å². The van der Waals surface area contributed by atoms with Crippen molar-refractivity contribution >= 4 is 12.0 Å². The van der Waals surface area contributed by atoms with Gasteiger partial charge in [-0.2, -0.15) is 0 Å². The molecule has 0 aliphatic carbocycles. The number of amides is 2. The fourth-order valence-electron chi connectivity index (χ4n) is 2.64. The lowest BCUT2D eigenvalue weighted by molar-refractivity contribution is -0.137. The van der Waals surface area contributed by atoms with Gasteiger partial charge in [-0.3, -0.25) is 4.79 Å². The molecule has 5 nitrogen and oxygen atoms in total. The molecular formula is C11H18N2O3. The van der Waals surface area contributed by atoms with Crippen molar-refractivity contribution in [1.29, 1.82) is 0 Å². The normalized spacial score (nSPS) is 26.8. The molecule has 0 unspecified atom stereocenters. The van der Waals surface area contributed by atoms with Crippen LogP contribution in [0, 0.1) is 0 Å². The highest BCUT2D eigenvalue weighted by Crippen LogP contribution is 2.27. The second kappa shape index (κ2) is 4.31. The highest BCUT2D eigenvalue weighted by atomic mass is 16.4. The minimum atomic E-state index is -0.842. The van der Waals surface area contributed by atoms with E-state index < -0.39 is 5.97 Å². The average Bonchev–Trinajstić information content (AvgIpc) is 2.56. The van der Waals surface area contributed by atoms with Gasteiger partial charge in [-0.1, -0.05) is 0 Å². The molecule has 2 atom stereocenters. The van der Waals surface area contributed by atoms with E-state index in [0.29, 0.717) is 12.6 Å². The van der Waals surface area contributed by atoms with E-state index in [1.165, 1.54) is 6.42 Å². The number of nitrogens with zero attached hydrogens (tertiary/aromatic N) is 2. The fourth-order valence-corrected chi connectivity index (χ4v) is 2.64. The van der Waals surface area contributed by atoms with Crippen LogP contribution in [0.5, 0.6) is 0 Å². The summed E-state index contributed by atoms with van der Waals surface area (Å²) in [5.74, 6) is -0.842. The number of aliphatic carboxylic acids is 1. The van der Waals surface area contributed by atoms with Crippen molar-refractivity contribution in [1.82, 2.24) is 9.80 Å². The Morgan fingerprint density at radius 1 is 1.56 bits per heavy atom. The van der Waals surface area contributed by atoms with Crippen LogP contribution in [-0.2, 0) is 4.79 Å². The van der Waals surface area contributed by atoms with Crippen molar-refractivity contribution in [2.45, 2.75) is 44.7 Å². The highest BCUT2D eigenvalue weighted by Gasteiger charge is 2.40. The molecule has 0 spiro atoms. The molecule has 2 heterocycles. The smallest absolute Gasteiger partial charge is 0.320 e. The predicted octanol–water partition coefficient (Wildman–Crippen LogP) is 1.14. The van der Waals surface area contributed by atoms with Crippen LogP contribution in [0.3, 0.4) is 0 Å². The van der Waals surface area contributed by atoms with Gasteiger partial charge in [-0.05, 0) is 26.2 Å². The van der Waals surface area contributed by atoms with Crippen molar-refractivity contribution < 1.29 is 14.7 Å². The molecule has 2 amide bonds. The van der Waals surface area contributed by atoms with E-state index in [9.17, 15) is 9.59 Å². The second-order valence-corrected chi connectivity index (χ2v) is 4.72. The number of hydrogen-bond donors (Lipinski definition) is 1. The van der Waals surface area contributed by atoms with Crippen LogP contribution >= 0.6 is 0 Å². The largest absolute Gasteiger partial charge is 0.481 e. The van der Waals surface area contributed by atoms with Crippen molar-refractivity contribution in [3.8, 4) is 0 Å². The molecule has 2 rings (SSSR count). The number of carbonyl (C=O) groups excluding carboxylic acids is 1. The van der Waals surface area contributed by atoms with Crippen LogP contribution in [0.2, 0.25) is 0 Å². The number of carboxylic acids is 1. The molecule has 0 bridgehead atoms. The van der Waals surface area contributed by atoms with Gasteiger partial charge in [0.2, 0.25) is 0 Å². The lowest BCUT2D eigenvalue weighted by Gasteiger charge is -2.27. The minimum Gasteiger partial charge on any atom is -0.481 e. The first kappa shape index (κ1) is 11.2. The number of rotatable bonds is 3. The first-order valence-corrected chi connectivity index (χ1v) is 5.88. The van der Waals surface area contributed by atoms with Crippen LogP contribution in [0.1, 0.15) is 32.6 Å². The number of fused-ring (bicyclic) bond motifs is 1. The quantitative estimate of drug-likeness (QED) is 0.785. The number of urea groups is 1. The molecular weight excluding hydrogens is 208 g/mol. The molecule has 0 radical (unpaired) electrons. The van der Waals surface area contributed by atoms with Gasteiger partial charge >= 0.3 is 12.0 Å². The Bertz CT molecular complexity index is 306. The third-order valence-electron chi connectivity index (χ3n) is 3.53. The molecule has 0 saturated carbocycles. The van der Waals surface area contributed by atoms with E-state index in [4.69, 9.17) is 5.11 Å². The van der Waals surface area contributed by atoms with Crippen molar-refractivity contribution in [2.24, 2.45) is 0 Å². The average molecular weight is 226 g/mol. The number of carbonyl (C=O) groups is 2. The summed E-state index contributed by atoms with van der Waals surface area (Å²) in [5, 5.41) is 8.74. The number of hydrogen-bond acceptors (Lipinski definition) is 2. The first-order valence-electron chi connectivity index (χ1n) is 5.88. The van der Waals surface area contributed by atoms with Gasteiger partial charge in [0.1, 0.15) is 0 Å². The van der Waals surface area contributed by atoms with Gasteiger partial charge in [0.05, 0.1) is 12.5 Å². The molecule has 0 aromatic carbocycles. The van der Waals surface area contributed by atoms with Crippen LogP contribution in [0.4, 0.5) is 4.79 Å². The summed E-state index contributed by atoms with van der Waals surface area (Å²) < 4.78 is 0. The standard InChI is InChI=1S/C11H18N2O3/c1-8(6-10(14)15)13-7-9-4-2-3-5-12(9)11(13)16/h8-9H,2-7H2,1H3,(H,14,15)/t8-,9-/m0/s1. The predicted molar refractivity (Wildman–Crippen MR) is 58.2 cm³/mol. The van der Waals surface area contributed by atoms with Crippen molar-refractivity contribution in [2.75, 3.05) is 13.1 Å². The molecule has 16 heavy (non-hydrogen) atoms. The van der Waals surface area contributed by atoms with Gasteiger partial charge in [0.15, 0.2) is 0 Å². The Kier molecular flexibility index (Phi) is 3.03. The summed E-state index contributed by atoms with van der Waals surface area (Å²) in [4.78, 5) is 26.3. The lowest BCUT2D eigenvalue weighted by atomic mass is 10.0. The summed E-state index contributed by atoms with van der Waals surface area (Å²) in [6.07, 6.45) is 3.34. The topological polar surface area (TPSA) is 60.9 Å². The SMILES string of the molecule is C[C@@H](CC(=O)O)N1C[C@@H]2CCCCN2C1=O. The summed E-state index contributed by atoms with van der Waals surface area (Å²) >= 11 is 0. The number of piperidine rings is 1. The molecule has 0 aromatic heterocycles. The van der Waals surface area contributed by atoms with Gasteiger partial charge in [0, 0.05) is 19.1 Å². The summed E-state index contributed by atoms with van der Waals surface area (Å²) in [6.45, 7) is 3.34. The molecule has 2 saturated heterocycles. The Morgan fingerprint density at radius 2 is 2.31 bits per heavy atom. The minimum absolute atomic E-state index is 0.0263. The zero-order valence-corrected chi connectivity index (χ0v) is 9.56. The maximum Gasteiger partial charge on any atom is 0.320 e. The van der Waals surface area contributed by atoms with Crippen molar-refractivity contribution in [3.63, 3.8) is 0 Å². The zero-order chi connectivity index (χ0) is 11.7. The molecule has 0 aromatic rings. The molecule has 1 N–H and O–H groups in total. The van der Waals surface area contributed by atoms with Crippen molar-refractivity contribution in [3.05, 3.63) is 0 Å². The van der Waals surface area contributed by atoms with Crippen LogP contribution in [0.25, 0.3) is 0 Å². The van der Waals surface area contributed by atoms with Gasteiger partial charge in [0.25, 0.3) is 0 Å². The van der Waals surface area contributed by atoms with E-state index in [1.807, 2.05) is 11.8 Å². The molecule has 2 aliphatic rings. The molecule has 90 valence electrons. The third kappa shape index (κ3) is 1.99. The Balaban J connectivity index is 2.01. The maximum absolute atomic E-state index is 12.0. The zero-order valence-electron chi connectivity index (χ0n) is 9.56. The summed E-state index contributed by atoms with van der Waals surface area (Å²) in [6, 6.07) is 0.145. The van der Waals surface area contributed by atoms with E-state index >= 15 is 0 Å². The van der Waals surface area contributed by atoms with Gasteiger partial charge in [-0.25, -0.2) is 4.79 Å². The Morgan fingerprint density at radius 3 is 2.94 bits per heavy atom. The lowest BCUT2D eigenvalue weighted by Crippen LogP contribution is -2.40. The molecule has 5 heteroatoms. The second-order valence-electron chi connectivity index (χ2n) is 4.72. The maximum atomic E-state index is 12.0. The first-order chi connectivity index (χ1) is 7.59. The van der Waals surface area contributed by atoms with Gasteiger partial charge < -0.3 is 14.9 Å². The van der Waals surface area contributed by atoms with Crippen LogP contribution < -0.4 is 0 Å². The van der Waals surface area contributed by atoms with E-state index in [1.54, 1.807) is 4.90 Å². The van der Waals surface area contributed by atoms with E-state index in [-0.39, 0.29) is 18.5 Å². The Labute approximate surface area is 95.0 Å². The number of carboxylic acid groups (broad SMARTS) is 1. The summed E-state index contributed by atoms with van der Waals surface area (Å²) in [7, 11) is 0. The van der Waals surface area contributed by atoms with E-state index in [2.05, 4.69) is 0 Å². The fraction of sp³-hybridized carbons (Fsp3) is 0.818. The van der Waals surface area contributed by atoms with Crippen LogP contribution in [0.15, 0.2) is 0 Å². The van der Waals surface area contributed by atoms with Crippen LogP contribution in [-0.4, -0.2) is 52.1 Å².